The van der Waals surface area contributed by atoms with Crippen LogP contribution in [0.3, 0.4) is 0 Å². The fourth-order valence-electron chi connectivity index (χ4n) is 0.811. The van der Waals surface area contributed by atoms with Crippen LogP contribution in [0.2, 0.25) is 0 Å². The first-order chi connectivity index (χ1) is 7.70. The van der Waals surface area contributed by atoms with Crippen molar-refractivity contribution in [3.05, 3.63) is 37.8 Å². The zero-order chi connectivity index (χ0) is 12.2. The Bertz CT molecular complexity index is 256. The third-order valence-corrected chi connectivity index (χ3v) is 1.61. The highest BCUT2D eigenvalue weighted by Gasteiger charge is 2.03. The molecule has 0 aliphatic rings. The van der Waals surface area contributed by atoms with Crippen molar-refractivity contribution in [2.45, 2.75) is 12.8 Å². The lowest BCUT2D eigenvalue weighted by molar-refractivity contribution is -0.141. The standard InChI is InChI=1S/C12H14O4/c1-16-12(15)9-8-11(14)7-5-3-2-4-6-10-13/h2-7,10H,8-9H2,1H3/b7-5+. The molecule has 0 aliphatic heterocycles. The highest BCUT2D eigenvalue weighted by Crippen LogP contribution is 1.98. The maximum absolute atomic E-state index is 11.1. The summed E-state index contributed by atoms with van der Waals surface area (Å²) in [5.41, 5.74) is 0. The van der Waals surface area contributed by atoms with Gasteiger partial charge in [0, 0.05) is 12.8 Å². The predicted molar refractivity (Wildman–Crippen MR) is 58.7 cm³/mol. The Balaban J connectivity index is 3.51. The number of rotatable bonds is 9. The lowest BCUT2D eigenvalue weighted by atomic mass is 10.1. The molecule has 16 heavy (non-hydrogen) atoms. The zero-order valence-electron chi connectivity index (χ0n) is 9.09. The van der Waals surface area contributed by atoms with E-state index in [1.54, 1.807) is 25.3 Å². The van der Waals surface area contributed by atoms with E-state index >= 15 is 0 Å². The largest absolute Gasteiger partial charge is 0.469 e. The summed E-state index contributed by atoms with van der Waals surface area (Å²) in [4.78, 5) is 31.7. The van der Waals surface area contributed by atoms with Crippen molar-refractivity contribution in [3.63, 3.8) is 0 Å². The molecular weight excluding hydrogens is 208 g/mol. The summed E-state index contributed by atoms with van der Waals surface area (Å²) in [5, 5.41) is 0. The smallest absolute Gasteiger partial charge is 0.305 e. The van der Waals surface area contributed by atoms with Gasteiger partial charge in [0.2, 0.25) is 0 Å². The number of unbranched alkanes of at least 4 members (excludes halogenated alkanes) is 3. The van der Waals surface area contributed by atoms with Crippen LogP contribution in [0.15, 0.2) is 12.2 Å². The molecule has 0 heterocycles. The summed E-state index contributed by atoms with van der Waals surface area (Å²) in [6.07, 6.45) is 9.95. The van der Waals surface area contributed by atoms with Gasteiger partial charge in [-0.05, 0) is 25.3 Å². The van der Waals surface area contributed by atoms with E-state index in [2.05, 4.69) is 4.74 Å². The summed E-state index contributed by atoms with van der Waals surface area (Å²) in [6, 6.07) is 0. The van der Waals surface area contributed by atoms with Crippen LogP contribution in [0, 0.1) is 25.7 Å². The minimum Gasteiger partial charge on any atom is -0.469 e. The molecular formula is C12H14O4. The lowest BCUT2D eigenvalue weighted by Gasteiger charge is -1.95. The van der Waals surface area contributed by atoms with Crippen molar-refractivity contribution in [1.29, 1.82) is 0 Å². The maximum atomic E-state index is 11.1. The van der Waals surface area contributed by atoms with E-state index in [0.29, 0.717) is 6.29 Å². The molecule has 0 amide bonds. The van der Waals surface area contributed by atoms with Gasteiger partial charge in [-0.3, -0.25) is 9.59 Å². The normalized spacial score (nSPS) is 10.3. The number of allylic oxidation sites excluding steroid dienone is 2. The number of methoxy groups -OCH3 is 1. The van der Waals surface area contributed by atoms with Crippen LogP contribution in [0.1, 0.15) is 12.8 Å². The van der Waals surface area contributed by atoms with E-state index in [4.69, 9.17) is 0 Å². The molecule has 0 saturated carbocycles. The summed E-state index contributed by atoms with van der Waals surface area (Å²) >= 11 is 0. The lowest BCUT2D eigenvalue weighted by Crippen LogP contribution is -2.03. The molecule has 0 bridgehead atoms. The molecule has 0 aromatic carbocycles. The molecule has 4 radical (unpaired) electrons. The van der Waals surface area contributed by atoms with Gasteiger partial charge in [0.25, 0.3) is 0 Å². The fourth-order valence-corrected chi connectivity index (χ4v) is 0.811. The number of ketones is 1. The van der Waals surface area contributed by atoms with Gasteiger partial charge in [0.15, 0.2) is 5.78 Å². The fraction of sp³-hybridized carbons (Fsp3) is 0.250. The third kappa shape index (κ3) is 9.12. The van der Waals surface area contributed by atoms with E-state index in [9.17, 15) is 14.4 Å². The molecule has 0 saturated heterocycles. The highest BCUT2D eigenvalue weighted by molar-refractivity contribution is 5.91. The van der Waals surface area contributed by atoms with Crippen LogP contribution >= 0.6 is 0 Å². The Morgan fingerprint density at radius 3 is 2.38 bits per heavy atom. The van der Waals surface area contributed by atoms with Crippen molar-refractivity contribution in [1.82, 2.24) is 0 Å². The van der Waals surface area contributed by atoms with Crippen LogP contribution in [-0.4, -0.2) is 25.1 Å². The number of hydrogen-bond donors (Lipinski definition) is 0. The molecule has 0 aliphatic carbocycles. The quantitative estimate of drug-likeness (QED) is 0.253. The molecule has 4 heteroatoms. The number of esters is 1. The predicted octanol–water partition coefficient (Wildman–Crippen LogP) is 1.08. The second-order valence-corrected chi connectivity index (χ2v) is 2.81. The first-order valence-corrected chi connectivity index (χ1v) is 4.75. The summed E-state index contributed by atoms with van der Waals surface area (Å²) < 4.78 is 4.40. The molecule has 4 nitrogen and oxygen atoms in total. The highest BCUT2D eigenvalue weighted by atomic mass is 16.5. The van der Waals surface area contributed by atoms with Gasteiger partial charge >= 0.3 is 5.97 Å². The van der Waals surface area contributed by atoms with Crippen molar-refractivity contribution in [2.75, 3.05) is 7.11 Å². The van der Waals surface area contributed by atoms with E-state index in [1.165, 1.54) is 19.6 Å². The topological polar surface area (TPSA) is 60.4 Å². The van der Waals surface area contributed by atoms with Crippen molar-refractivity contribution in [2.24, 2.45) is 0 Å². The zero-order valence-corrected chi connectivity index (χ0v) is 9.09. The molecule has 0 rings (SSSR count). The third-order valence-electron chi connectivity index (χ3n) is 1.61. The van der Waals surface area contributed by atoms with Crippen LogP contribution < -0.4 is 0 Å². The molecule has 0 fully saturated rings. The first-order valence-electron chi connectivity index (χ1n) is 4.75. The van der Waals surface area contributed by atoms with Gasteiger partial charge in [-0.25, -0.2) is 0 Å². The molecule has 0 N–H and O–H groups in total. The molecule has 0 aromatic rings. The van der Waals surface area contributed by atoms with Crippen LogP contribution in [-0.2, 0) is 19.1 Å². The van der Waals surface area contributed by atoms with E-state index in [-0.39, 0.29) is 18.6 Å². The van der Waals surface area contributed by atoms with Gasteiger partial charge in [0.05, 0.1) is 13.5 Å². The van der Waals surface area contributed by atoms with Crippen LogP contribution in [0.4, 0.5) is 0 Å². The Hall–Kier alpha value is -1.45. The van der Waals surface area contributed by atoms with E-state index in [0.717, 1.165) is 0 Å². The molecule has 86 valence electrons. The average molecular weight is 222 g/mol. The van der Waals surface area contributed by atoms with Crippen LogP contribution in [0.5, 0.6) is 0 Å². The van der Waals surface area contributed by atoms with E-state index < -0.39 is 5.97 Å². The summed E-state index contributed by atoms with van der Waals surface area (Å²) in [7, 11) is 1.28. The second kappa shape index (κ2) is 10.1. The van der Waals surface area contributed by atoms with Gasteiger partial charge < -0.3 is 9.53 Å². The molecule has 0 atom stereocenters. The minimum atomic E-state index is -0.397. The number of carbonyl (C=O) groups is 3. The molecule has 0 aromatic heterocycles. The van der Waals surface area contributed by atoms with E-state index in [1.807, 2.05) is 0 Å². The Morgan fingerprint density at radius 1 is 1.06 bits per heavy atom. The van der Waals surface area contributed by atoms with Gasteiger partial charge in [0.1, 0.15) is 6.29 Å². The maximum Gasteiger partial charge on any atom is 0.305 e. The summed E-state index contributed by atoms with van der Waals surface area (Å²) in [5.74, 6) is -0.541. The van der Waals surface area contributed by atoms with Crippen LogP contribution in [0.25, 0.3) is 0 Å². The average Bonchev–Trinajstić information content (AvgIpc) is 2.30. The number of carbonyl (C=O) groups excluding carboxylic acids is 3. The van der Waals surface area contributed by atoms with Gasteiger partial charge in [-0.2, -0.15) is 0 Å². The van der Waals surface area contributed by atoms with Crippen molar-refractivity contribution < 1.29 is 19.1 Å². The SMILES string of the molecule is COC(=O)CCC(=O)/C=C/[CH][CH][CH][CH]C=O. The Kier molecular flexibility index (Phi) is 9.17. The number of hydrogen-bond acceptors (Lipinski definition) is 4. The van der Waals surface area contributed by atoms with Gasteiger partial charge in [-0.1, -0.05) is 6.08 Å². The first kappa shape index (κ1) is 14.6. The van der Waals surface area contributed by atoms with Crippen molar-refractivity contribution in [3.8, 4) is 0 Å². The molecule has 0 spiro atoms. The van der Waals surface area contributed by atoms with Gasteiger partial charge in [-0.15, -0.1) is 0 Å². The number of aldehydes is 1. The summed E-state index contributed by atoms with van der Waals surface area (Å²) in [6.45, 7) is 0. The Morgan fingerprint density at radius 2 is 1.75 bits per heavy atom. The monoisotopic (exact) mass is 222 g/mol. The second-order valence-electron chi connectivity index (χ2n) is 2.81. The Labute approximate surface area is 95.7 Å². The number of ether oxygens (including phenoxy) is 1. The van der Waals surface area contributed by atoms with Crippen molar-refractivity contribution >= 4 is 18.0 Å². The molecule has 0 unspecified atom stereocenters. The minimum absolute atomic E-state index is 0.0917.